The smallest absolute Gasteiger partial charge is 0.246 e. The summed E-state index contributed by atoms with van der Waals surface area (Å²) in [6.45, 7) is 3.16. The van der Waals surface area contributed by atoms with Crippen LogP contribution in [0.5, 0.6) is 5.75 Å². The quantitative estimate of drug-likeness (QED) is 0.769. The van der Waals surface area contributed by atoms with Gasteiger partial charge in [0.15, 0.2) is 0 Å². The van der Waals surface area contributed by atoms with E-state index in [1.165, 1.54) is 0 Å². The van der Waals surface area contributed by atoms with Crippen molar-refractivity contribution in [2.24, 2.45) is 0 Å². The van der Waals surface area contributed by atoms with Crippen LogP contribution < -0.4 is 4.74 Å². The zero-order chi connectivity index (χ0) is 15.8. The number of nitrogens with zero attached hydrogens (tertiary/aromatic N) is 2. The molecule has 0 fully saturated rings. The lowest BCUT2D eigenvalue weighted by atomic mass is 10.2. The maximum Gasteiger partial charge on any atom is 0.246 e. The Kier molecular flexibility index (Phi) is 5.72. The summed E-state index contributed by atoms with van der Waals surface area (Å²) in [6.07, 6.45) is 6.84. The van der Waals surface area contributed by atoms with Gasteiger partial charge in [0.1, 0.15) is 5.75 Å². The molecule has 114 valence electrons. The van der Waals surface area contributed by atoms with Gasteiger partial charge in [-0.25, -0.2) is 0 Å². The fourth-order valence-corrected chi connectivity index (χ4v) is 1.98. The first-order chi connectivity index (χ1) is 10.7. The highest BCUT2D eigenvalue weighted by atomic mass is 16.5. The predicted molar refractivity (Wildman–Crippen MR) is 87.4 cm³/mol. The summed E-state index contributed by atoms with van der Waals surface area (Å²) >= 11 is 0. The molecule has 1 heterocycles. The van der Waals surface area contributed by atoms with Crippen molar-refractivity contribution in [3.63, 3.8) is 0 Å². The number of carbonyl (C=O) groups excluding carboxylic acids is 1. The van der Waals surface area contributed by atoms with Crippen LogP contribution in [0.15, 0.2) is 54.9 Å². The van der Waals surface area contributed by atoms with Crippen LogP contribution in [0.2, 0.25) is 0 Å². The van der Waals surface area contributed by atoms with Crippen molar-refractivity contribution in [3.05, 3.63) is 66.0 Å². The molecule has 0 aliphatic rings. The first-order valence-corrected chi connectivity index (χ1v) is 7.24. The van der Waals surface area contributed by atoms with Crippen LogP contribution in [0.1, 0.15) is 18.1 Å². The van der Waals surface area contributed by atoms with Crippen molar-refractivity contribution in [1.29, 1.82) is 0 Å². The van der Waals surface area contributed by atoms with Crippen molar-refractivity contribution >= 4 is 12.0 Å². The molecule has 0 unspecified atom stereocenters. The summed E-state index contributed by atoms with van der Waals surface area (Å²) < 4.78 is 5.39. The molecule has 1 aromatic heterocycles. The summed E-state index contributed by atoms with van der Waals surface area (Å²) in [7, 11) is 1.78. The molecule has 0 aliphatic carbocycles. The standard InChI is InChI=1S/C18H20N2O2/c1-3-22-17-7-4-15(5-8-17)6-9-18(21)20(2)14-16-10-12-19-13-11-16/h4-13H,3,14H2,1-2H3/b9-6+. The van der Waals surface area contributed by atoms with Crippen molar-refractivity contribution in [2.45, 2.75) is 13.5 Å². The van der Waals surface area contributed by atoms with Gasteiger partial charge in [0.05, 0.1) is 6.61 Å². The monoisotopic (exact) mass is 296 g/mol. The Morgan fingerprint density at radius 1 is 1.18 bits per heavy atom. The molecule has 0 aliphatic heterocycles. The minimum absolute atomic E-state index is 0.0364. The second-order valence-electron chi connectivity index (χ2n) is 4.89. The number of ether oxygens (including phenoxy) is 1. The molecule has 0 saturated carbocycles. The number of likely N-dealkylation sites (N-methyl/N-ethyl adjacent to an activating group) is 1. The van der Waals surface area contributed by atoms with Gasteiger partial charge in [-0.3, -0.25) is 9.78 Å². The third-order valence-electron chi connectivity index (χ3n) is 3.15. The van der Waals surface area contributed by atoms with Crippen LogP contribution in [0.3, 0.4) is 0 Å². The lowest BCUT2D eigenvalue weighted by molar-refractivity contribution is -0.125. The van der Waals surface area contributed by atoms with E-state index in [1.807, 2.05) is 43.3 Å². The molecule has 1 aromatic carbocycles. The van der Waals surface area contributed by atoms with Crippen molar-refractivity contribution in [1.82, 2.24) is 9.88 Å². The SMILES string of the molecule is CCOc1ccc(/C=C/C(=O)N(C)Cc2ccncc2)cc1. The lowest BCUT2D eigenvalue weighted by Gasteiger charge is -2.14. The van der Waals surface area contributed by atoms with Gasteiger partial charge in [0.25, 0.3) is 0 Å². The molecule has 0 N–H and O–H groups in total. The van der Waals surface area contributed by atoms with E-state index in [1.54, 1.807) is 36.5 Å². The maximum absolute atomic E-state index is 12.1. The van der Waals surface area contributed by atoms with Gasteiger partial charge in [-0.05, 0) is 48.4 Å². The van der Waals surface area contributed by atoms with E-state index in [9.17, 15) is 4.79 Å². The molecule has 0 spiro atoms. The Balaban J connectivity index is 1.92. The third kappa shape index (κ3) is 4.74. The van der Waals surface area contributed by atoms with Gasteiger partial charge in [-0.15, -0.1) is 0 Å². The topological polar surface area (TPSA) is 42.4 Å². The molecule has 4 nitrogen and oxygen atoms in total. The van der Waals surface area contributed by atoms with E-state index in [4.69, 9.17) is 4.74 Å². The van der Waals surface area contributed by atoms with Gasteiger partial charge >= 0.3 is 0 Å². The lowest BCUT2D eigenvalue weighted by Crippen LogP contribution is -2.24. The first-order valence-electron chi connectivity index (χ1n) is 7.24. The van der Waals surface area contributed by atoms with Gasteiger partial charge in [-0.1, -0.05) is 12.1 Å². The zero-order valence-corrected chi connectivity index (χ0v) is 12.9. The molecule has 22 heavy (non-hydrogen) atoms. The highest BCUT2D eigenvalue weighted by Gasteiger charge is 2.05. The molecule has 1 amide bonds. The zero-order valence-electron chi connectivity index (χ0n) is 12.9. The van der Waals surface area contributed by atoms with Crippen LogP contribution in [0.4, 0.5) is 0 Å². The molecule has 2 rings (SSSR count). The Labute approximate surface area is 131 Å². The van der Waals surface area contributed by atoms with Gasteiger partial charge in [-0.2, -0.15) is 0 Å². The summed E-state index contributed by atoms with van der Waals surface area (Å²) in [5.74, 6) is 0.798. The summed E-state index contributed by atoms with van der Waals surface area (Å²) in [5.41, 5.74) is 2.02. The summed E-state index contributed by atoms with van der Waals surface area (Å²) in [6, 6.07) is 11.5. The van der Waals surface area contributed by atoms with Gasteiger partial charge in [0, 0.05) is 32.1 Å². The van der Waals surface area contributed by atoms with E-state index in [-0.39, 0.29) is 5.91 Å². The summed E-state index contributed by atoms with van der Waals surface area (Å²) in [4.78, 5) is 17.7. The van der Waals surface area contributed by atoms with Gasteiger partial charge in [0.2, 0.25) is 5.91 Å². The number of aromatic nitrogens is 1. The number of rotatable bonds is 6. The van der Waals surface area contributed by atoms with Crippen LogP contribution in [-0.4, -0.2) is 29.4 Å². The molecule has 0 atom stereocenters. The fourth-order valence-electron chi connectivity index (χ4n) is 1.98. The Morgan fingerprint density at radius 2 is 1.86 bits per heavy atom. The first kappa shape index (κ1) is 15.8. The molecule has 2 aromatic rings. The van der Waals surface area contributed by atoms with Crippen molar-refractivity contribution in [2.75, 3.05) is 13.7 Å². The highest BCUT2D eigenvalue weighted by Crippen LogP contribution is 2.13. The van der Waals surface area contributed by atoms with E-state index in [2.05, 4.69) is 4.98 Å². The number of carbonyl (C=O) groups is 1. The molecule has 4 heteroatoms. The molecule has 0 bridgehead atoms. The Morgan fingerprint density at radius 3 is 2.50 bits per heavy atom. The average Bonchev–Trinajstić information content (AvgIpc) is 2.55. The predicted octanol–water partition coefficient (Wildman–Crippen LogP) is 3.15. The second kappa shape index (κ2) is 7.98. The average molecular weight is 296 g/mol. The van der Waals surface area contributed by atoms with Crippen LogP contribution in [0.25, 0.3) is 6.08 Å². The minimum Gasteiger partial charge on any atom is -0.494 e. The summed E-state index contributed by atoms with van der Waals surface area (Å²) in [5, 5.41) is 0. The third-order valence-corrected chi connectivity index (χ3v) is 3.15. The molecular weight excluding hydrogens is 276 g/mol. The van der Waals surface area contributed by atoms with Crippen LogP contribution in [-0.2, 0) is 11.3 Å². The molecule has 0 radical (unpaired) electrons. The van der Waals surface area contributed by atoms with Crippen molar-refractivity contribution < 1.29 is 9.53 Å². The van der Waals surface area contributed by atoms with E-state index in [0.29, 0.717) is 13.2 Å². The Hall–Kier alpha value is -2.62. The fraction of sp³-hybridized carbons (Fsp3) is 0.222. The molecular formula is C18H20N2O2. The number of amides is 1. The van der Waals surface area contributed by atoms with E-state index in [0.717, 1.165) is 16.9 Å². The second-order valence-corrected chi connectivity index (χ2v) is 4.89. The normalized spacial score (nSPS) is 10.6. The number of hydrogen-bond acceptors (Lipinski definition) is 3. The minimum atomic E-state index is -0.0364. The number of hydrogen-bond donors (Lipinski definition) is 0. The number of pyridine rings is 1. The van der Waals surface area contributed by atoms with E-state index < -0.39 is 0 Å². The Bertz CT molecular complexity index is 621. The molecule has 0 saturated heterocycles. The maximum atomic E-state index is 12.1. The van der Waals surface area contributed by atoms with Crippen LogP contribution >= 0.6 is 0 Å². The van der Waals surface area contributed by atoms with Gasteiger partial charge < -0.3 is 9.64 Å². The highest BCUT2D eigenvalue weighted by molar-refractivity contribution is 5.91. The van der Waals surface area contributed by atoms with E-state index >= 15 is 0 Å². The van der Waals surface area contributed by atoms with Crippen molar-refractivity contribution in [3.8, 4) is 5.75 Å². The van der Waals surface area contributed by atoms with Crippen LogP contribution in [0, 0.1) is 0 Å². The number of benzene rings is 1. The largest absolute Gasteiger partial charge is 0.494 e.